The lowest BCUT2D eigenvalue weighted by Crippen LogP contribution is -2.01. The smallest absolute Gasteiger partial charge is 0.335 e. The van der Waals surface area contributed by atoms with Gasteiger partial charge in [0.05, 0.1) is 12.2 Å². The lowest BCUT2D eigenvalue weighted by molar-refractivity contribution is 0.0697. The number of fused-ring (bicyclic) bond motifs is 3. The van der Waals surface area contributed by atoms with E-state index >= 15 is 0 Å². The fourth-order valence-electron chi connectivity index (χ4n) is 3.00. The molecule has 0 unspecified atom stereocenters. The van der Waals surface area contributed by atoms with Crippen LogP contribution in [0.1, 0.15) is 58.9 Å². The summed E-state index contributed by atoms with van der Waals surface area (Å²) < 4.78 is 5.74. The number of benzene rings is 2. The number of ether oxygens (including phenoxy) is 1. The highest BCUT2D eigenvalue weighted by Crippen LogP contribution is 2.38. The minimum atomic E-state index is -1.03. The third-order valence-corrected chi connectivity index (χ3v) is 4.30. The first-order chi connectivity index (χ1) is 11.6. The molecule has 1 N–H and O–H groups in total. The van der Waals surface area contributed by atoms with E-state index in [1.807, 2.05) is 12.1 Å². The molecule has 0 spiro atoms. The Labute approximate surface area is 141 Å². The van der Waals surface area contributed by atoms with Crippen molar-refractivity contribution in [2.45, 2.75) is 32.6 Å². The van der Waals surface area contributed by atoms with Crippen LogP contribution in [0.4, 0.5) is 0 Å². The molecule has 0 amide bonds. The standard InChI is InChI=1S/C20H20O4/c1-2-3-4-5-10-24-14-7-9-16-15-8-6-13(20(22)23)11-17(15)19(21)18(16)12-14/h6-9,11-12H,2-5,10H2,1H3,(H,22,23). The molecule has 0 atom stereocenters. The molecule has 0 radical (unpaired) electrons. The van der Waals surface area contributed by atoms with Crippen LogP contribution >= 0.6 is 0 Å². The number of carbonyl (C=O) groups excluding carboxylic acids is 1. The van der Waals surface area contributed by atoms with Gasteiger partial charge < -0.3 is 9.84 Å². The molecule has 1 aliphatic carbocycles. The van der Waals surface area contributed by atoms with E-state index in [2.05, 4.69) is 6.92 Å². The lowest BCUT2D eigenvalue weighted by Gasteiger charge is -2.07. The average Bonchev–Trinajstić information content (AvgIpc) is 2.87. The maximum atomic E-state index is 12.6. The highest BCUT2D eigenvalue weighted by atomic mass is 16.5. The fourth-order valence-corrected chi connectivity index (χ4v) is 3.00. The Kier molecular flexibility index (Phi) is 4.65. The van der Waals surface area contributed by atoms with Crippen molar-refractivity contribution in [2.24, 2.45) is 0 Å². The third kappa shape index (κ3) is 3.04. The van der Waals surface area contributed by atoms with Gasteiger partial charge in [-0.15, -0.1) is 0 Å². The van der Waals surface area contributed by atoms with Crippen molar-refractivity contribution in [3.63, 3.8) is 0 Å². The molecule has 0 fully saturated rings. The zero-order valence-corrected chi connectivity index (χ0v) is 13.7. The van der Waals surface area contributed by atoms with E-state index in [4.69, 9.17) is 9.84 Å². The van der Waals surface area contributed by atoms with E-state index in [0.29, 0.717) is 23.5 Å². The Morgan fingerprint density at radius 2 is 1.67 bits per heavy atom. The molecule has 4 heteroatoms. The van der Waals surface area contributed by atoms with Crippen LogP contribution in [0.2, 0.25) is 0 Å². The Bertz CT molecular complexity index is 792. The molecule has 1 aliphatic rings. The summed E-state index contributed by atoms with van der Waals surface area (Å²) in [4.78, 5) is 23.7. The minimum Gasteiger partial charge on any atom is -0.494 e. The number of carbonyl (C=O) groups is 2. The van der Waals surface area contributed by atoms with Gasteiger partial charge in [0.1, 0.15) is 5.75 Å². The average molecular weight is 324 g/mol. The Hall–Kier alpha value is -2.62. The predicted octanol–water partition coefficient (Wildman–Crippen LogP) is 4.56. The normalized spacial score (nSPS) is 12.0. The van der Waals surface area contributed by atoms with Gasteiger partial charge in [0.25, 0.3) is 0 Å². The van der Waals surface area contributed by atoms with Crippen LogP contribution in [-0.4, -0.2) is 23.5 Å². The molecule has 2 aromatic carbocycles. The predicted molar refractivity (Wildman–Crippen MR) is 91.9 cm³/mol. The van der Waals surface area contributed by atoms with Crippen LogP contribution in [0.15, 0.2) is 36.4 Å². The van der Waals surface area contributed by atoms with E-state index in [0.717, 1.165) is 24.0 Å². The Balaban J connectivity index is 1.79. The number of rotatable bonds is 7. The molecule has 24 heavy (non-hydrogen) atoms. The Morgan fingerprint density at radius 3 is 2.38 bits per heavy atom. The summed E-state index contributed by atoms with van der Waals surface area (Å²) in [6.07, 6.45) is 4.53. The van der Waals surface area contributed by atoms with E-state index in [-0.39, 0.29) is 11.3 Å². The first-order valence-electron chi connectivity index (χ1n) is 8.31. The second-order valence-corrected chi connectivity index (χ2v) is 6.01. The number of aromatic carboxylic acids is 1. The summed E-state index contributed by atoms with van der Waals surface area (Å²) in [6, 6.07) is 10.2. The topological polar surface area (TPSA) is 63.6 Å². The zero-order chi connectivity index (χ0) is 17.1. The largest absolute Gasteiger partial charge is 0.494 e. The quantitative estimate of drug-likeness (QED) is 0.647. The first kappa shape index (κ1) is 16.2. The van der Waals surface area contributed by atoms with Crippen molar-refractivity contribution in [2.75, 3.05) is 6.61 Å². The zero-order valence-electron chi connectivity index (χ0n) is 13.7. The van der Waals surface area contributed by atoms with Crippen molar-refractivity contribution in [3.8, 4) is 16.9 Å². The maximum Gasteiger partial charge on any atom is 0.335 e. The van der Waals surface area contributed by atoms with Crippen LogP contribution < -0.4 is 4.74 Å². The molecule has 2 aromatic rings. The van der Waals surface area contributed by atoms with E-state index < -0.39 is 5.97 Å². The van der Waals surface area contributed by atoms with Gasteiger partial charge in [0.2, 0.25) is 0 Å². The molecule has 0 heterocycles. The first-order valence-corrected chi connectivity index (χ1v) is 8.31. The summed E-state index contributed by atoms with van der Waals surface area (Å²) >= 11 is 0. The second-order valence-electron chi connectivity index (χ2n) is 6.01. The Morgan fingerprint density at radius 1 is 0.958 bits per heavy atom. The monoisotopic (exact) mass is 324 g/mol. The number of carboxylic acid groups (broad SMARTS) is 1. The van der Waals surface area contributed by atoms with Gasteiger partial charge in [0.15, 0.2) is 5.78 Å². The van der Waals surface area contributed by atoms with Crippen molar-refractivity contribution < 1.29 is 19.4 Å². The second kappa shape index (κ2) is 6.87. The molecule has 0 aromatic heterocycles. The number of unbranched alkanes of at least 4 members (excludes halogenated alkanes) is 3. The highest BCUT2D eigenvalue weighted by molar-refractivity contribution is 6.22. The molecule has 4 nitrogen and oxygen atoms in total. The SMILES string of the molecule is CCCCCCOc1ccc2c(c1)C(=O)c1cc(C(=O)O)ccc1-2. The van der Waals surface area contributed by atoms with Gasteiger partial charge in [-0.05, 0) is 47.9 Å². The number of carboxylic acids is 1. The molecule has 3 rings (SSSR count). The van der Waals surface area contributed by atoms with Crippen LogP contribution in [0.3, 0.4) is 0 Å². The number of hydrogen-bond acceptors (Lipinski definition) is 3. The van der Waals surface area contributed by atoms with Crippen LogP contribution in [0.25, 0.3) is 11.1 Å². The lowest BCUT2D eigenvalue weighted by atomic mass is 10.0. The van der Waals surface area contributed by atoms with Gasteiger partial charge in [-0.2, -0.15) is 0 Å². The van der Waals surface area contributed by atoms with E-state index in [1.165, 1.54) is 25.0 Å². The summed E-state index contributed by atoms with van der Waals surface area (Å²) in [5, 5.41) is 9.09. The third-order valence-electron chi connectivity index (χ3n) is 4.30. The van der Waals surface area contributed by atoms with Gasteiger partial charge in [-0.25, -0.2) is 4.79 Å². The molecule has 124 valence electrons. The van der Waals surface area contributed by atoms with E-state index in [1.54, 1.807) is 12.1 Å². The van der Waals surface area contributed by atoms with Crippen LogP contribution in [0, 0.1) is 0 Å². The molecule has 0 saturated carbocycles. The van der Waals surface area contributed by atoms with Crippen molar-refractivity contribution >= 4 is 11.8 Å². The van der Waals surface area contributed by atoms with Crippen molar-refractivity contribution in [3.05, 3.63) is 53.1 Å². The molecular formula is C20H20O4. The summed E-state index contributed by atoms with van der Waals surface area (Å²) in [5.74, 6) is -0.484. The number of ketones is 1. The van der Waals surface area contributed by atoms with Gasteiger partial charge in [-0.1, -0.05) is 32.3 Å². The van der Waals surface area contributed by atoms with Gasteiger partial charge in [-0.3, -0.25) is 4.79 Å². The molecule has 0 bridgehead atoms. The fraction of sp³-hybridized carbons (Fsp3) is 0.300. The summed E-state index contributed by atoms with van der Waals surface area (Å²) in [5.41, 5.74) is 2.78. The summed E-state index contributed by atoms with van der Waals surface area (Å²) in [7, 11) is 0. The molecule has 0 aliphatic heterocycles. The van der Waals surface area contributed by atoms with Crippen LogP contribution in [0.5, 0.6) is 5.75 Å². The summed E-state index contributed by atoms with van der Waals surface area (Å²) in [6.45, 7) is 2.81. The highest BCUT2D eigenvalue weighted by Gasteiger charge is 2.28. The maximum absolute atomic E-state index is 12.6. The van der Waals surface area contributed by atoms with E-state index in [9.17, 15) is 9.59 Å². The molecular weight excluding hydrogens is 304 g/mol. The van der Waals surface area contributed by atoms with Gasteiger partial charge in [0, 0.05) is 11.1 Å². The number of hydrogen-bond donors (Lipinski definition) is 1. The van der Waals surface area contributed by atoms with Crippen molar-refractivity contribution in [1.29, 1.82) is 0 Å². The van der Waals surface area contributed by atoms with Gasteiger partial charge >= 0.3 is 5.97 Å². The van der Waals surface area contributed by atoms with Crippen molar-refractivity contribution in [1.82, 2.24) is 0 Å². The van der Waals surface area contributed by atoms with Crippen LogP contribution in [-0.2, 0) is 0 Å². The molecule has 0 saturated heterocycles. The minimum absolute atomic E-state index is 0.127.